The molecule has 1 unspecified atom stereocenters. The number of ketones is 1. The summed E-state index contributed by atoms with van der Waals surface area (Å²) < 4.78 is 5.34. The summed E-state index contributed by atoms with van der Waals surface area (Å²) >= 11 is 0. The number of carbonyl (C=O) groups is 1. The maximum absolute atomic E-state index is 12.2. The lowest BCUT2D eigenvalue weighted by Gasteiger charge is -2.28. The van der Waals surface area contributed by atoms with E-state index in [9.17, 15) is 4.79 Å². The third-order valence-electron chi connectivity index (χ3n) is 3.98. The second-order valence-corrected chi connectivity index (χ2v) is 5.38. The number of morpholine rings is 1. The number of ether oxygens (including phenoxy) is 1. The number of carbonyl (C=O) groups excluding carboxylic acids is 1. The highest BCUT2D eigenvalue weighted by Crippen LogP contribution is 2.28. The van der Waals surface area contributed by atoms with Crippen LogP contribution in [-0.4, -0.2) is 43.5 Å². The molecule has 0 aromatic rings. The van der Waals surface area contributed by atoms with Gasteiger partial charge in [0.2, 0.25) is 0 Å². The Hall–Kier alpha value is -0.670. The highest BCUT2D eigenvalue weighted by Gasteiger charge is 2.30. The van der Waals surface area contributed by atoms with E-state index in [1.165, 1.54) is 12.8 Å². The smallest absolute Gasteiger partial charge is 0.162 e. The van der Waals surface area contributed by atoms with Crippen LogP contribution >= 0.6 is 0 Å². The van der Waals surface area contributed by atoms with Crippen molar-refractivity contribution in [1.82, 2.24) is 4.90 Å². The Morgan fingerprint density at radius 3 is 2.89 bits per heavy atom. The number of unbranched alkanes of at least 4 members (excludes halogenated alkanes) is 2. The number of allylic oxidation sites excluding steroid dienone is 2. The van der Waals surface area contributed by atoms with E-state index in [1.54, 1.807) is 0 Å². The summed E-state index contributed by atoms with van der Waals surface area (Å²) in [5.74, 6) is 0.661. The molecule has 0 N–H and O–H groups in total. The van der Waals surface area contributed by atoms with Crippen LogP contribution in [0.25, 0.3) is 0 Å². The third kappa shape index (κ3) is 3.66. The van der Waals surface area contributed by atoms with Crippen molar-refractivity contribution in [2.24, 2.45) is 5.92 Å². The van der Waals surface area contributed by atoms with Gasteiger partial charge in [-0.1, -0.05) is 25.8 Å². The number of Topliss-reactive ketones (excluding diaryl/α,β-unsaturated/α-hetero) is 1. The summed E-state index contributed by atoms with van der Waals surface area (Å²) in [7, 11) is 0. The summed E-state index contributed by atoms with van der Waals surface area (Å²) in [6.07, 6.45) is 7.71. The molecule has 0 radical (unpaired) electrons. The summed E-state index contributed by atoms with van der Waals surface area (Å²) in [5, 5.41) is 0. The predicted octanol–water partition coefficient (Wildman–Crippen LogP) is 2.41. The Bertz CT molecular complexity index is 306. The van der Waals surface area contributed by atoms with Crippen molar-refractivity contribution in [2.75, 3.05) is 32.8 Å². The molecule has 3 nitrogen and oxygen atoms in total. The van der Waals surface area contributed by atoms with E-state index in [4.69, 9.17) is 4.74 Å². The Morgan fingerprint density at radius 2 is 2.17 bits per heavy atom. The maximum atomic E-state index is 12.2. The minimum Gasteiger partial charge on any atom is -0.379 e. The zero-order valence-electron chi connectivity index (χ0n) is 11.5. The standard InChI is InChI=1S/C15H25NO2/c1-2-3-4-5-13-6-7-14(15(13)17)12-16-8-10-18-11-9-16/h5,14H,2-4,6-12H2,1H3/b13-5-. The Morgan fingerprint density at radius 1 is 1.39 bits per heavy atom. The van der Waals surface area contributed by atoms with Crippen molar-refractivity contribution in [3.63, 3.8) is 0 Å². The number of rotatable bonds is 5. The van der Waals surface area contributed by atoms with Crippen molar-refractivity contribution in [3.8, 4) is 0 Å². The first-order chi connectivity index (χ1) is 8.81. The normalized spacial score (nSPS) is 28.2. The zero-order valence-corrected chi connectivity index (χ0v) is 11.5. The van der Waals surface area contributed by atoms with Crippen LogP contribution in [0.15, 0.2) is 11.6 Å². The van der Waals surface area contributed by atoms with Gasteiger partial charge < -0.3 is 4.74 Å². The van der Waals surface area contributed by atoms with Gasteiger partial charge in [0, 0.05) is 25.6 Å². The summed E-state index contributed by atoms with van der Waals surface area (Å²) in [4.78, 5) is 14.6. The first-order valence-electron chi connectivity index (χ1n) is 7.34. The lowest BCUT2D eigenvalue weighted by molar-refractivity contribution is -0.118. The van der Waals surface area contributed by atoms with Crippen LogP contribution in [0.2, 0.25) is 0 Å². The molecule has 1 atom stereocenters. The van der Waals surface area contributed by atoms with E-state index in [1.807, 2.05) is 0 Å². The molecule has 0 bridgehead atoms. The molecule has 0 aromatic heterocycles. The van der Waals surface area contributed by atoms with Crippen LogP contribution in [0.3, 0.4) is 0 Å². The van der Waals surface area contributed by atoms with Crippen LogP contribution < -0.4 is 0 Å². The van der Waals surface area contributed by atoms with E-state index >= 15 is 0 Å². The number of nitrogens with zero attached hydrogens (tertiary/aromatic N) is 1. The largest absolute Gasteiger partial charge is 0.379 e. The van der Waals surface area contributed by atoms with Crippen molar-refractivity contribution in [3.05, 3.63) is 11.6 Å². The number of hydrogen-bond acceptors (Lipinski definition) is 3. The third-order valence-corrected chi connectivity index (χ3v) is 3.98. The lowest BCUT2D eigenvalue weighted by Crippen LogP contribution is -2.40. The average molecular weight is 251 g/mol. The Balaban J connectivity index is 1.80. The molecule has 0 aromatic carbocycles. The van der Waals surface area contributed by atoms with Crippen molar-refractivity contribution >= 4 is 5.78 Å². The van der Waals surface area contributed by atoms with Gasteiger partial charge in [-0.2, -0.15) is 0 Å². The van der Waals surface area contributed by atoms with E-state index < -0.39 is 0 Å². The van der Waals surface area contributed by atoms with Gasteiger partial charge in [-0.15, -0.1) is 0 Å². The molecule has 102 valence electrons. The lowest BCUT2D eigenvalue weighted by atomic mass is 10.0. The van der Waals surface area contributed by atoms with Gasteiger partial charge in [0.15, 0.2) is 5.78 Å². The Labute approximate surface area is 110 Å². The van der Waals surface area contributed by atoms with E-state index in [0.29, 0.717) is 5.78 Å². The fourth-order valence-corrected chi connectivity index (χ4v) is 2.80. The van der Waals surface area contributed by atoms with Crippen LogP contribution in [-0.2, 0) is 9.53 Å². The maximum Gasteiger partial charge on any atom is 0.162 e. The molecule has 1 saturated carbocycles. The van der Waals surface area contributed by atoms with Gasteiger partial charge in [0.25, 0.3) is 0 Å². The minimum atomic E-state index is 0.246. The van der Waals surface area contributed by atoms with Crippen LogP contribution in [0.5, 0.6) is 0 Å². The zero-order chi connectivity index (χ0) is 12.8. The van der Waals surface area contributed by atoms with Gasteiger partial charge in [0.1, 0.15) is 0 Å². The highest BCUT2D eigenvalue weighted by molar-refractivity contribution is 5.99. The molecule has 0 spiro atoms. The second-order valence-electron chi connectivity index (χ2n) is 5.38. The van der Waals surface area contributed by atoms with Crippen molar-refractivity contribution in [1.29, 1.82) is 0 Å². The van der Waals surface area contributed by atoms with Crippen LogP contribution in [0, 0.1) is 5.92 Å². The monoisotopic (exact) mass is 251 g/mol. The van der Waals surface area contributed by atoms with Crippen LogP contribution in [0.4, 0.5) is 0 Å². The summed E-state index contributed by atoms with van der Waals surface area (Å²) in [5.41, 5.74) is 1.10. The van der Waals surface area contributed by atoms with Crippen molar-refractivity contribution in [2.45, 2.75) is 39.0 Å². The molecule has 1 saturated heterocycles. The Kier molecular flexibility index (Phi) is 5.39. The fourth-order valence-electron chi connectivity index (χ4n) is 2.80. The molecule has 2 rings (SSSR count). The fraction of sp³-hybridized carbons (Fsp3) is 0.800. The number of hydrogen-bond donors (Lipinski definition) is 0. The molecular formula is C15H25NO2. The SMILES string of the molecule is CCCC/C=C1/CCC(CN2CCOCC2)C1=O. The van der Waals surface area contributed by atoms with Gasteiger partial charge in [0.05, 0.1) is 13.2 Å². The molecule has 0 amide bonds. The van der Waals surface area contributed by atoms with E-state index in [-0.39, 0.29) is 5.92 Å². The molecule has 3 heteroatoms. The predicted molar refractivity (Wildman–Crippen MR) is 72.6 cm³/mol. The molecule has 1 aliphatic carbocycles. The van der Waals surface area contributed by atoms with E-state index in [0.717, 1.165) is 57.7 Å². The quantitative estimate of drug-likeness (QED) is 0.555. The molecule has 2 aliphatic rings. The van der Waals surface area contributed by atoms with Gasteiger partial charge >= 0.3 is 0 Å². The second kappa shape index (κ2) is 7.05. The molecule has 1 aliphatic heterocycles. The average Bonchev–Trinajstić information content (AvgIpc) is 2.73. The summed E-state index contributed by atoms with van der Waals surface area (Å²) in [6.45, 7) is 6.74. The van der Waals surface area contributed by atoms with Crippen LogP contribution in [0.1, 0.15) is 39.0 Å². The first-order valence-corrected chi connectivity index (χ1v) is 7.34. The van der Waals surface area contributed by atoms with E-state index in [2.05, 4.69) is 17.9 Å². The van der Waals surface area contributed by atoms with Gasteiger partial charge in [-0.25, -0.2) is 0 Å². The van der Waals surface area contributed by atoms with Gasteiger partial charge in [-0.05, 0) is 24.8 Å². The molecular weight excluding hydrogens is 226 g/mol. The van der Waals surface area contributed by atoms with Gasteiger partial charge in [-0.3, -0.25) is 9.69 Å². The summed E-state index contributed by atoms with van der Waals surface area (Å²) in [6, 6.07) is 0. The molecule has 1 heterocycles. The first kappa shape index (κ1) is 13.8. The highest BCUT2D eigenvalue weighted by atomic mass is 16.5. The topological polar surface area (TPSA) is 29.5 Å². The molecule has 2 fully saturated rings. The van der Waals surface area contributed by atoms with Crippen molar-refractivity contribution < 1.29 is 9.53 Å². The minimum absolute atomic E-state index is 0.246. The molecule has 18 heavy (non-hydrogen) atoms.